The van der Waals surface area contributed by atoms with Crippen LogP contribution in [0.1, 0.15) is 18.9 Å². The summed E-state index contributed by atoms with van der Waals surface area (Å²) in [6.07, 6.45) is 3.46. The van der Waals surface area contributed by atoms with Crippen molar-refractivity contribution >= 4 is 23.6 Å². The molecule has 3 N–H and O–H groups in total. The van der Waals surface area contributed by atoms with Crippen LogP contribution in [-0.4, -0.2) is 51.1 Å². The number of hydrogen-bond donors (Lipinski definition) is 3. The third-order valence-electron chi connectivity index (χ3n) is 5.24. The Hall–Kier alpha value is -3.32. The fraction of sp³-hybridized carbons (Fsp3) is 0.333. The zero-order valence-electron chi connectivity index (χ0n) is 18.0. The smallest absolute Gasteiger partial charge is 0.262 e. The molecule has 0 spiro atoms. The number of anilines is 1. The number of rotatable bonds is 8. The van der Waals surface area contributed by atoms with Crippen molar-refractivity contribution in [2.75, 3.05) is 44.2 Å². The van der Waals surface area contributed by atoms with Crippen molar-refractivity contribution in [1.29, 1.82) is 0 Å². The first-order chi connectivity index (χ1) is 15.1. The number of benzene rings is 2. The quantitative estimate of drug-likeness (QED) is 0.438. The summed E-state index contributed by atoms with van der Waals surface area (Å²) in [5.74, 6) is 0.242. The molecule has 0 radical (unpaired) electrons. The van der Waals surface area contributed by atoms with Crippen LogP contribution in [0.5, 0.6) is 5.75 Å². The van der Waals surface area contributed by atoms with Crippen LogP contribution >= 0.6 is 0 Å². The summed E-state index contributed by atoms with van der Waals surface area (Å²) in [6.45, 7) is 7.26. The topological polar surface area (TPSA) is 75.1 Å². The standard InChI is InChI=1S/C24H30N4O3/c1-2-31-22-11-8-20(9-12-22)10-13-23(29)25-26-24(30)14-15-27-16-18-28(19-17-27)21-6-4-3-5-7-21/h3-13H,2,14-19H2,1H3,(H,25,29)(H,26,30)/p+1/b13-10+. The van der Waals surface area contributed by atoms with Crippen molar-refractivity contribution in [2.45, 2.75) is 13.3 Å². The van der Waals surface area contributed by atoms with E-state index in [4.69, 9.17) is 4.74 Å². The number of amides is 2. The minimum Gasteiger partial charge on any atom is -0.494 e. The maximum absolute atomic E-state index is 12.1. The maximum atomic E-state index is 12.1. The van der Waals surface area contributed by atoms with Gasteiger partial charge in [-0.3, -0.25) is 20.4 Å². The number of para-hydroxylation sites is 1. The van der Waals surface area contributed by atoms with Crippen molar-refractivity contribution in [3.63, 3.8) is 0 Å². The number of hydrogen-bond acceptors (Lipinski definition) is 4. The SMILES string of the molecule is CCOc1ccc(/C=C/C(=O)NNC(=O)CC[NH+]2CCN(c3ccccc3)CC2)cc1. The lowest BCUT2D eigenvalue weighted by Crippen LogP contribution is -3.15. The molecule has 0 aliphatic carbocycles. The van der Waals surface area contributed by atoms with E-state index in [2.05, 4.69) is 40.0 Å². The van der Waals surface area contributed by atoms with E-state index >= 15 is 0 Å². The largest absolute Gasteiger partial charge is 0.494 e. The zero-order valence-corrected chi connectivity index (χ0v) is 18.0. The highest BCUT2D eigenvalue weighted by atomic mass is 16.5. The minimum absolute atomic E-state index is 0.180. The molecular formula is C24H31N4O3+. The van der Waals surface area contributed by atoms with Gasteiger partial charge in [0.25, 0.3) is 5.91 Å². The molecule has 0 saturated carbocycles. The number of carbonyl (C=O) groups is 2. The summed E-state index contributed by atoms with van der Waals surface area (Å²) in [5, 5.41) is 0. The fourth-order valence-electron chi connectivity index (χ4n) is 3.51. The van der Waals surface area contributed by atoms with E-state index in [0.717, 1.165) is 44.0 Å². The van der Waals surface area contributed by atoms with Crippen LogP contribution in [0.2, 0.25) is 0 Å². The van der Waals surface area contributed by atoms with Gasteiger partial charge >= 0.3 is 0 Å². The molecule has 0 bridgehead atoms. The molecular weight excluding hydrogens is 392 g/mol. The molecule has 31 heavy (non-hydrogen) atoms. The van der Waals surface area contributed by atoms with Gasteiger partial charge in [-0.05, 0) is 42.8 Å². The van der Waals surface area contributed by atoms with Crippen LogP contribution in [0.25, 0.3) is 6.08 Å². The molecule has 1 saturated heterocycles. The summed E-state index contributed by atoms with van der Waals surface area (Å²) in [4.78, 5) is 27.8. The zero-order chi connectivity index (χ0) is 21.9. The molecule has 1 aliphatic rings. The maximum Gasteiger partial charge on any atom is 0.262 e. The summed E-state index contributed by atoms with van der Waals surface area (Å²) < 4.78 is 5.39. The molecule has 3 rings (SSSR count). The highest BCUT2D eigenvalue weighted by Gasteiger charge is 2.20. The number of nitrogens with one attached hydrogen (secondary N) is 3. The Morgan fingerprint density at radius 2 is 1.74 bits per heavy atom. The predicted molar refractivity (Wildman–Crippen MR) is 122 cm³/mol. The lowest BCUT2D eigenvalue weighted by atomic mass is 10.2. The van der Waals surface area contributed by atoms with Crippen LogP contribution in [0.15, 0.2) is 60.7 Å². The Kier molecular flexibility index (Phi) is 8.48. The second-order valence-electron chi connectivity index (χ2n) is 7.45. The Labute approximate surface area is 183 Å². The molecule has 164 valence electrons. The first-order valence-corrected chi connectivity index (χ1v) is 10.8. The Balaban J connectivity index is 1.31. The molecule has 0 atom stereocenters. The second kappa shape index (κ2) is 11.8. The van der Waals surface area contributed by atoms with Gasteiger partial charge in [-0.15, -0.1) is 0 Å². The molecule has 7 heteroatoms. The molecule has 1 heterocycles. The molecule has 7 nitrogen and oxygen atoms in total. The summed E-state index contributed by atoms with van der Waals surface area (Å²) in [7, 11) is 0. The van der Waals surface area contributed by atoms with Crippen molar-refractivity contribution in [3.8, 4) is 5.75 Å². The van der Waals surface area contributed by atoms with Crippen LogP contribution in [0.3, 0.4) is 0 Å². The number of piperazine rings is 1. The van der Waals surface area contributed by atoms with Gasteiger partial charge in [-0.25, -0.2) is 0 Å². The van der Waals surface area contributed by atoms with Gasteiger partial charge in [0.1, 0.15) is 5.75 Å². The predicted octanol–water partition coefficient (Wildman–Crippen LogP) is 1.04. The van der Waals surface area contributed by atoms with E-state index in [1.165, 1.54) is 16.7 Å². The van der Waals surface area contributed by atoms with Gasteiger partial charge in [0, 0.05) is 11.8 Å². The third-order valence-corrected chi connectivity index (χ3v) is 5.24. The monoisotopic (exact) mass is 423 g/mol. The average molecular weight is 424 g/mol. The van der Waals surface area contributed by atoms with Gasteiger partial charge in [0.2, 0.25) is 5.91 Å². The highest BCUT2D eigenvalue weighted by Crippen LogP contribution is 2.13. The van der Waals surface area contributed by atoms with Crippen LogP contribution in [0, 0.1) is 0 Å². The molecule has 0 unspecified atom stereocenters. The lowest BCUT2D eigenvalue weighted by molar-refractivity contribution is -0.900. The Morgan fingerprint density at radius 3 is 2.42 bits per heavy atom. The molecule has 0 aromatic heterocycles. The van der Waals surface area contributed by atoms with E-state index in [9.17, 15) is 9.59 Å². The Morgan fingerprint density at radius 1 is 1.03 bits per heavy atom. The van der Waals surface area contributed by atoms with Gasteiger partial charge in [0.15, 0.2) is 0 Å². The molecule has 2 aromatic carbocycles. The second-order valence-corrected chi connectivity index (χ2v) is 7.45. The molecule has 2 amide bonds. The average Bonchev–Trinajstić information content (AvgIpc) is 2.82. The minimum atomic E-state index is -0.369. The molecule has 1 aliphatic heterocycles. The Bertz CT molecular complexity index is 860. The van der Waals surface area contributed by atoms with Crippen molar-refractivity contribution in [3.05, 3.63) is 66.2 Å². The van der Waals surface area contributed by atoms with E-state index in [1.54, 1.807) is 6.08 Å². The van der Waals surface area contributed by atoms with E-state index < -0.39 is 0 Å². The van der Waals surface area contributed by atoms with Gasteiger partial charge in [-0.1, -0.05) is 30.3 Å². The van der Waals surface area contributed by atoms with Gasteiger partial charge in [-0.2, -0.15) is 0 Å². The van der Waals surface area contributed by atoms with E-state index in [-0.39, 0.29) is 11.8 Å². The number of ether oxygens (including phenoxy) is 1. The lowest BCUT2D eigenvalue weighted by Gasteiger charge is -2.33. The highest BCUT2D eigenvalue weighted by molar-refractivity contribution is 5.93. The number of quaternary nitrogens is 1. The first kappa shape index (κ1) is 22.4. The van der Waals surface area contributed by atoms with E-state index in [0.29, 0.717) is 13.0 Å². The first-order valence-electron chi connectivity index (χ1n) is 10.8. The number of carbonyl (C=O) groups excluding carboxylic acids is 2. The molecule has 2 aromatic rings. The van der Waals surface area contributed by atoms with Crippen LogP contribution < -0.4 is 25.4 Å². The summed E-state index contributed by atoms with van der Waals surface area (Å²) in [5.41, 5.74) is 7.05. The van der Waals surface area contributed by atoms with Crippen molar-refractivity contribution in [2.24, 2.45) is 0 Å². The number of nitrogens with zero attached hydrogens (tertiary/aromatic N) is 1. The van der Waals surface area contributed by atoms with E-state index in [1.807, 2.05) is 37.3 Å². The van der Waals surface area contributed by atoms with Crippen LogP contribution in [-0.2, 0) is 9.59 Å². The van der Waals surface area contributed by atoms with Gasteiger partial charge < -0.3 is 14.5 Å². The van der Waals surface area contributed by atoms with Crippen molar-refractivity contribution < 1.29 is 19.2 Å². The van der Waals surface area contributed by atoms with Crippen LogP contribution in [0.4, 0.5) is 5.69 Å². The van der Waals surface area contributed by atoms with Crippen molar-refractivity contribution in [1.82, 2.24) is 10.9 Å². The number of hydrazine groups is 1. The van der Waals surface area contributed by atoms with Gasteiger partial charge in [0.05, 0.1) is 45.8 Å². The fourth-order valence-corrected chi connectivity index (χ4v) is 3.51. The normalized spacial score (nSPS) is 14.4. The molecule has 1 fully saturated rings. The summed E-state index contributed by atoms with van der Waals surface area (Å²) in [6, 6.07) is 17.8. The third kappa shape index (κ3) is 7.46. The summed E-state index contributed by atoms with van der Waals surface area (Å²) >= 11 is 0.